The molecule has 1 heterocycles. The monoisotopic (exact) mass is 454 g/mol. The first-order valence-corrected chi connectivity index (χ1v) is 10.9. The summed E-state index contributed by atoms with van der Waals surface area (Å²) in [5.41, 5.74) is 3.62. The van der Waals surface area contributed by atoms with Crippen LogP contribution in [0.1, 0.15) is 47.1 Å². The number of para-hydroxylation sites is 1. The fraction of sp³-hybridized carbons (Fsp3) is 0.185. The van der Waals surface area contributed by atoms with Gasteiger partial charge in [0.15, 0.2) is 5.69 Å². The summed E-state index contributed by atoms with van der Waals surface area (Å²) in [5.74, 6) is -0.847. The van der Waals surface area contributed by atoms with E-state index in [0.29, 0.717) is 22.2 Å². The average Bonchev–Trinajstić information content (AvgIpc) is 3.07. The number of hydrogen-bond acceptors (Lipinski definition) is 4. The zero-order chi connectivity index (χ0) is 24.5. The van der Waals surface area contributed by atoms with Gasteiger partial charge in [0.25, 0.3) is 11.8 Å². The Bertz CT molecular complexity index is 1390. The minimum atomic E-state index is -0.553. The number of hydrogen-bond donors (Lipinski definition) is 2. The van der Waals surface area contributed by atoms with Crippen LogP contribution in [0.5, 0.6) is 5.88 Å². The van der Waals surface area contributed by atoms with Gasteiger partial charge in [-0.1, -0.05) is 51.1 Å². The van der Waals surface area contributed by atoms with Gasteiger partial charge < -0.3 is 15.0 Å². The fourth-order valence-electron chi connectivity index (χ4n) is 3.63. The average molecular weight is 455 g/mol. The van der Waals surface area contributed by atoms with Crippen LogP contribution in [0.2, 0.25) is 0 Å². The Hall–Kier alpha value is -4.26. The van der Waals surface area contributed by atoms with Crippen molar-refractivity contribution >= 4 is 34.1 Å². The van der Waals surface area contributed by atoms with E-state index in [9.17, 15) is 14.7 Å². The van der Waals surface area contributed by atoms with Gasteiger partial charge in [0.1, 0.15) is 0 Å². The minimum Gasteiger partial charge on any atom is -0.493 e. The van der Waals surface area contributed by atoms with E-state index >= 15 is 0 Å². The first-order chi connectivity index (χ1) is 16.1. The van der Waals surface area contributed by atoms with Gasteiger partial charge in [-0.2, -0.15) is 0 Å². The second-order valence-electron chi connectivity index (χ2n) is 9.11. The molecule has 7 nitrogen and oxygen atoms in total. The summed E-state index contributed by atoms with van der Waals surface area (Å²) in [6.45, 7) is 6.36. The largest absolute Gasteiger partial charge is 0.493 e. The van der Waals surface area contributed by atoms with E-state index in [4.69, 9.17) is 0 Å². The van der Waals surface area contributed by atoms with Crippen molar-refractivity contribution < 1.29 is 14.7 Å². The van der Waals surface area contributed by atoms with Crippen molar-refractivity contribution in [3.05, 3.63) is 89.5 Å². The van der Waals surface area contributed by atoms with E-state index in [1.54, 1.807) is 48.0 Å². The van der Waals surface area contributed by atoms with Gasteiger partial charge in [0, 0.05) is 29.2 Å². The predicted octanol–water partition coefficient (Wildman–Crippen LogP) is 6.36. The van der Waals surface area contributed by atoms with Gasteiger partial charge in [-0.3, -0.25) is 9.59 Å². The van der Waals surface area contributed by atoms with E-state index < -0.39 is 5.91 Å². The van der Waals surface area contributed by atoms with Gasteiger partial charge in [-0.05, 0) is 53.4 Å². The van der Waals surface area contributed by atoms with Crippen LogP contribution in [-0.4, -0.2) is 21.5 Å². The van der Waals surface area contributed by atoms with Crippen LogP contribution in [-0.2, 0) is 12.5 Å². The molecule has 4 aromatic rings. The Morgan fingerprint density at radius 2 is 1.50 bits per heavy atom. The summed E-state index contributed by atoms with van der Waals surface area (Å²) in [5, 5.41) is 21.6. The van der Waals surface area contributed by atoms with Crippen LogP contribution in [0.25, 0.3) is 10.9 Å². The minimum absolute atomic E-state index is 0.0149. The second kappa shape index (κ2) is 8.94. The normalized spacial score (nSPS) is 11.8. The third-order valence-corrected chi connectivity index (χ3v) is 5.69. The number of aromatic nitrogens is 1. The number of benzene rings is 3. The van der Waals surface area contributed by atoms with Crippen molar-refractivity contribution in [1.29, 1.82) is 0 Å². The highest BCUT2D eigenvalue weighted by Crippen LogP contribution is 2.37. The predicted molar refractivity (Wildman–Crippen MR) is 133 cm³/mol. The maximum Gasteiger partial charge on any atom is 0.295 e. The zero-order valence-corrected chi connectivity index (χ0v) is 19.5. The molecule has 0 unspecified atom stereocenters. The highest BCUT2D eigenvalue weighted by atomic mass is 16.3. The lowest BCUT2D eigenvalue weighted by Gasteiger charge is -2.19. The van der Waals surface area contributed by atoms with Crippen LogP contribution in [0.15, 0.2) is 83.0 Å². The molecule has 0 aliphatic carbocycles. The third-order valence-electron chi connectivity index (χ3n) is 5.69. The van der Waals surface area contributed by atoms with Crippen molar-refractivity contribution in [3.8, 4) is 5.88 Å². The molecule has 1 aromatic heterocycles. The summed E-state index contributed by atoms with van der Waals surface area (Å²) < 4.78 is 1.59. The Balaban J connectivity index is 1.45. The molecule has 0 fully saturated rings. The van der Waals surface area contributed by atoms with Gasteiger partial charge in [0.05, 0.1) is 5.52 Å². The number of aromatic hydroxyl groups is 1. The van der Waals surface area contributed by atoms with Crippen LogP contribution in [0.4, 0.5) is 11.4 Å². The van der Waals surface area contributed by atoms with E-state index in [0.717, 1.165) is 11.1 Å². The maximum absolute atomic E-state index is 12.6. The van der Waals surface area contributed by atoms with Gasteiger partial charge in [-0.25, -0.2) is 0 Å². The van der Waals surface area contributed by atoms with E-state index in [1.165, 1.54) is 0 Å². The SMILES string of the molecule is Cn1c(O)c(N=NC(=O)c2ccc(NC(=O)c3ccc(C(C)(C)C)cc3)cc2)c2ccccc21. The molecule has 0 saturated carbocycles. The quantitative estimate of drug-likeness (QED) is 0.351. The van der Waals surface area contributed by atoms with E-state index in [1.807, 2.05) is 36.4 Å². The molecule has 0 radical (unpaired) electrons. The highest BCUT2D eigenvalue weighted by molar-refractivity contribution is 6.04. The van der Waals surface area contributed by atoms with E-state index in [2.05, 4.69) is 36.3 Å². The molecular weight excluding hydrogens is 428 g/mol. The van der Waals surface area contributed by atoms with Crippen molar-refractivity contribution in [2.45, 2.75) is 26.2 Å². The van der Waals surface area contributed by atoms with Crippen molar-refractivity contribution in [2.75, 3.05) is 5.32 Å². The molecule has 34 heavy (non-hydrogen) atoms. The summed E-state index contributed by atoms with van der Waals surface area (Å²) >= 11 is 0. The molecule has 0 atom stereocenters. The summed E-state index contributed by atoms with van der Waals surface area (Å²) in [4.78, 5) is 25.1. The molecule has 2 amide bonds. The first kappa shape index (κ1) is 22.9. The van der Waals surface area contributed by atoms with Crippen LogP contribution >= 0.6 is 0 Å². The lowest BCUT2D eigenvalue weighted by Crippen LogP contribution is -2.14. The molecular formula is C27H26N4O3. The first-order valence-electron chi connectivity index (χ1n) is 10.9. The molecule has 2 N–H and O–H groups in total. The van der Waals surface area contributed by atoms with Gasteiger partial charge in [-0.15, -0.1) is 10.2 Å². The number of rotatable bonds is 4. The van der Waals surface area contributed by atoms with Crippen molar-refractivity contribution in [2.24, 2.45) is 17.3 Å². The number of aryl methyl sites for hydroxylation is 1. The highest BCUT2D eigenvalue weighted by Gasteiger charge is 2.16. The van der Waals surface area contributed by atoms with Crippen molar-refractivity contribution in [3.63, 3.8) is 0 Å². The van der Waals surface area contributed by atoms with Crippen LogP contribution in [0.3, 0.4) is 0 Å². The summed E-state index contributed by atoms with van der Waals surface area (Å²) in [6, 6.07) is 21.3. The molecule has 3 aromatic carbocycles. The number of amides is 2. The Kier molecular flexibility index (Phi) is 6.03. The Morgan fingerprint density at radius 3 is 2.15 bits per heavy atom. The topological polar surface area (TPSA) is 96.0 Å². The standard InChI is InChI=1S/C27H26N4O3/c1-27(2,3)19-13-9-17(10-14-19)24(32)28-20-15-11-18(12-16-20)25(33)30-29-23-21-7-5-6-8-22(21)31(4)26(23)34/h5-16,34H,1-4H3,(H,28,32). The Morgan fingerprint density at radius 1 is 0.882 bits per heavy atom. The maximum atomic E-state index is 12.6. The molecule has 172 valence electrons. The molecule has 7 heteroatoms. The lowest BCUT2D eigenvalue weighted by molar-refractivity contribution is 0.0993. The second-order valence-corrected chi connectivity index (χ2v) is 9.11. The Labute approximate surface area is 197 Å². The number of fused-ring (bicyclic) bond motifs is 1. The fourth-order valence-corrected chi connectivity index (χ4v) is 3.63. The summed E-state index contributed by atoms with van der Waals surface area (Å²) in [6.07, 6.45) is 0. The molecule has 0 saturated heterocycles. The van der Waals surface area contributed by atoms with Gasteiger partial charge in [0.2, 0.25) is 5.88 Å². The van der Waals surface area contributed by atoms with Crippen LogP contribution in [0, 0.1) is 0 Å². The van der Waals surface area contributed by atoms with Gasteiger partial charge >= 0.3 is 0 Å². The smallest absolute Gasteiger partial charge is 0.295 e. The van der Waals surface area contributed by atoms with Crippen molar-refractivity contribution in [1.82, 2.24) is 4.57 Å². The third kappa shape index (κ3) is 4.59. The number of nitrogens with one attached hydrogen (secondary N) is 1. The molecule has 0 spiro atoms. The number of azo groups is 1. The zero-order valence-electron chi connectivity index (χ0n) is 19.5. The number of nitrogens with zero attached hydrogens (tertiary/aromatic N) is 3. The molecule has 4 rings (SSSR count). The molecule has 0 aliphatic heterocycles. The summed E-state index contributed by atoms with van der Waals surface area (Å²) in [7, 11) is 1.71. The molecule has 0 aliphatic rings. The number of carbonyl (C=O) groups is 2. The van der Waals surface area contributed by atoms with Crippen LogP contribution < -0.4 is 5.32 Å². The molecule has 0 bridgehead atoms. The lowest BCUT2D eigenvalue weighted by atomic mass is 9.87. The van der Waals surface area contributed by atoms with E-state index in [-0.39, 0.29) is 22.9 Å². The number of carbonyl (C=O) groups excluding carboxylic acids is 2. The number of anilines is 1.